The molecule has 0 bridgehead atoms. The Hall–Kier alpha value is -0.820. The van der Waals surface area contributed by atoms with Crippen molar-refractivity contribution in [2.24, 2.45) is 0 Å². The third kappa shape index (κ3) is 6.65. The van der Waals surface area contributed by atoms with Gasteiger partial charge in [0.1, 0.15) is 6.04 Å². The Bertz CT molecular complexity index is 355. The molecule has 0 aliphatic rings. The van der Waals surface area contributed by atoms with Crippen LogP contribution in [0.4, 0.5) is 0 Å². The van der Waals surface area contributed by atoms with Gasteiger partial charge in [-0.25, -0.2) is 0 Å². The zero-order valence-electron chi connectivity index (χ0n) is 14.8. The Balaban J connectivity index is 2.44. The lowest BCUT2D eigenvalue weighted by Crippen LogP contribution is -2.42. The summed E-state index contributed by atoms with van der Waals surface area (Å²) in [6.07, 6.45) is 11.1. The molecule has 0 saturated heterocycles. The fourth-order valence-corrected chi connectivity index (χ4v) is 3.11. The van der Waals surface area contributed by atoms with E-state index in [1.807, 2.05) is 0 Å². The lowest BCUT2D eigenvalue weighted by Gasteiger charge is -2.37. The molecule has 0 fully saturated rings. The van der Waals surface area contributed by atoms with Gasteiger partial charge in [0.05, 0.1) is 20.6 Å². The van der Waals surface area contributed by atoms with E-state index in [1.54, 1.807) is 0 Å². The molecule has 1 heteroatoms. The molecule has 1 aromatic carbocycles. The first-order valence-electron chi connectivity index (χ1n) is 8.99. The summed E-state index contributed by atoms with van der Waals surface area (Å²) in [5.41, 5.74) is 1.51. The Morgan fingerprint density at radius 2 is 1.38 bits per heavy atom. The zero-order valence-corrected chi connectivity index (χ0v) is 14.8. The molecular weight excluding hydrogens is 254 g/mol. The maximum Gasteiger partial charge on any atom is 0.114 e. The highest BCUT2D eigenvalue weighted by Gasteiger charge is 2.27. The summed E-state index contributed by atoms with van der Waals surface area (Å²) in [4.78, 5) is 0. The quantitative estimate of drug-likeness (QED) is 0.348. The number of nitrogens with zero attached hydrogens (tertiary/aromatic N) is 1. The lowest BCUT2D eigenvalue weighted by molar-refractivity contribution is -0.920. The first-order valence-corrected chi connectivity index (χ1v) is 8.99. The third-order valence-corrected chi connectivity index (χ3v) is 4.92. The van der Waals surface area contributed by atoms with Gasteiger partial charge in [0.15, 0.2) is 0 Å². The molecule has 0 radical (unpaired) electrons. The molecule has 0 aliphatic heterocycles. The van der Waals surface area contributed by atoms with Crippen molar-refractivity contribution in [2.45, 2.75) is 71.3 Å². The Kier molecular flexibility index (Phi) is 8.68. The van der Waals surface area contributed by atoms with Gasteiger partial charge in [-0.2, -0.15) is 0 Å². The SMILES string of the molecule is CCCCCCCCCC(c1ccccc1)[N+](C)(C)CC. The summed E-state index contributed by atoms with van der Waals surface area (Å²) < 4.78 is 1.10. The minimum Gasteiger partial charge on any atom is -0.323 e. The number of unbranched alkanes of at least 4 members (excludes halogenated alkanes) is 6. The number of rotatable bonds is 11. The van der Waals surface area contributed by atoms with Crippen molar-refractivity contribution in [3.63, 3.8) is 0 Å². The van der Waals surface area contributed by atoms with Crippen LogP contribution in [0.1, 0.15) is 76.8 Å². The molecular formula is C20H36N+. The second-order valence-corrected chi connectivity index (χ2v) is 6.93. The normalized spacial score (nSPS) is 13.3. The number of quaternary nitrogens is 1. The van der Waals surface area contributed by atoms with E-state index >= 15 is 0 Å². The summed E-state index contributed by atoms with van der Waals surface area (Å²) in [5, 5.41) is 0. The van der Waals surface area contributed by atoms with Crippen LogP contribution < -0.4 is 0 Å². The zero-order chi connectivity index (χ0) is 15.6. The number of benzene rings is 1. The standard InChI is InChI=1S/C20H36N/c1-5-7-8-9-10-11-15-18-20(21(3,4)6-2)19-16-13-12-14-17-19/h12-14,16-17,20H,5-11,15,18H2,1-4H3/q+1. The minimum absolute atomic E-state index is 0.645. The monoisotopic (exact) mass is 290 g/mol. The van der Waals surface area contributed by atoms with Crippen LogP contribution >= 0.6 is 0 Å². The molecule has 0 saturated carbocycles. The van der Waals surface area contributed by atoms with Crippen LogP contribution in [0, 0.1) is 0 Å². The lowest BCUT2D eigenvalue weighted by atomic mass is 9.97. The minimum atomic E-state index is 0.645. The van der Waals surface area contributed by atoms with Gasteiger partial charge in [0, 0.05) is 12.0 Å². The molecule has 0 aliphatic carbocycles. The van der Waals surface area contributed by atoms with E-state index in [1.165, 1.54) is 63.5 Å². The summed E-state index contributed by atoms with van der Waals surface area (Å²) in [6, 6.07) is 11.8. The van der Waals surface area contributed by atoms with Crippen molar-refractivity contribution in [3.05, 3.63) is 35.9 Å². The van der Waals surface area contributed by atoms with E-state index in [9.17, 15) is 0 Å². The van der Waals surface area contributed by atoms with Crippen LogP contribution in [-0.2, 0) is 0 Å². The maximum atomic E-state index is 2.37. The molecule has 0 aromatic heterocycles. The van der Waals surface area contributed by atoms with E-state index in [0.29, 0.717) is 6.04 Å². The van der Waals surface area contributed by atoms with Crippen LogP contribution in [0.2, 0.25) is 0 Å². The van der Waals surface area contributed by atoms with Crippen molar-refractivity contribution in [2.75, 3.05) is 20.6 Å². The van der Waals surface area contributed by atoms with Gasteiger partial charge < -0.3 is 4.48 Å². The van der Waals surface area contributed by atoms with Crippen LogP contribution in [0.15, 0.2) is 30.3 Å². The number of hydrogen-bond donors (Lipinski definition) is 0. The highest BCUT2D eigenvalue weighted by atomic mass is 15.3. The van der Waals surface area contributed by atoms with Gasteiger partial charge in [-0.15, -0.1) is 0 Å². The van der Waals surface area contributed by atoms with E-state index in [0.717, 1.165) is 4.48 Å². The summed E-state index contributed by atoms with van der Waals surface area (Å²) in [5.74, 6) is 0. The van der Waals surface area contributed by atoms with E-state index < -0.39 is 0 Å². The van der Waals surface area contributed by atoms with Crippen molar-refractivity contribution in [1.29, 1.82) is 0 Å². The topological polar surface area (TPSA) is 0 Å². The molecule has 1 aromatic rings. The van der Waals surface area contributed by atoms with Crippen LogP contribution in [-0.4, -0.2) is 25.1 Å². The molecule has 0 amide bonds. The molecule has 1 rings (SSSR count). The van der Waals surface area contributed by atoms with Gasteiger partial charge in [0.2, 0.25) is 0 Å². The van der Waals surface area contributed by atoms with Crippen LogP contribution in [0.25, 0.3) is 0 Å². The second-order valence-electron chi connectivity index (χ2n) is 6.93. The largest absolute Gasteiger partial charge is 0.323 e. The highest BCUT2D eigenvalue weighted by molar-refractivity contribution is 5.17. The molecule has 0 spiro atoms. The molecule has 1 nitrogen and oxygen atoms in total. The smallest absolute Gasteiger partial charge is 0.114 e. The summed E-state index contributed by atoms with van der Waals surface area (Å²) in [7, 11) is 4.75. The maximum absolute atomic E-state index is 2.37. The Labute approximate surface area is 133 Å². The molecule has 0 heterocycles. The summed E-state index contributed by atoms with van der Waals surface area (Å²) >= 11 is 0. The average molecular weight is 291 g/mol. The third-order valence-electron chi connectivity index (χ3n) is 4.92. The predicted octanol–water partition coefficient (Wildman–Crippen LogP) is 5.96. The van der Waals surface area contributed by atoms with Crippen LogP contribution in [0.5, 0.6) is 0 Å². The van der Waals surface area contributed by atoms with Crippen molar-refractivity contribution in [1.82, 2.24) is 0 Å². The van der Waals surface area contributed by atoms with Gasteiger partial charge in [-0.3, -0.25) is 0 Å². The molecule has 21 heavy (non-hydrogen) atoms. The first-order chi connectivity index (χ1) is 10.1. The summed E-state index contributed by atoms with van der Waals surface area (Å²) in [6.45, 7) is 5.78. The van der Waals surface area contributed by atoms with Crippen molar-refractivity contribution in [3.8, 4) is 0 Å². The van der Waals surface area contributed by atoms with Crippen molar-refractivity contribution >= 4 is 0 Å². The first kappa shape index (κ1) is 18.2. The fraction of sp³-hybridized carbons (Fsp3) is 0.700. The van der Waals surface area contributed by atoms with Crippen LogP contribution in [0.3, 0.4) is 0 Å². The van der Waals surface area contributed by atoms with Gasteiger partial charge in [-0.1, -0.05) is 75.8 Å². The Morgan fingerprint density at radius 1 is 0.810 bits per heavy atom. The van der Waals surface area contributed by atoms with Crippen molar-refractivity contribution < 1.29 is 4.48 Å². The van der Waals surface area contributed by atoms with E-state index in [4.69, 9.17) is 0 Å². The van der Waals surface area contributed by atoms with E-state index in [2.05, 4.69) is 58.3 Å². The molecule has 0 N–H and O–H groups in total. The molecule has 120 valence electrons. The molecule has 1 atom stereocenters. The fourth-order valence-electron chi connectivity index (χ4n) is 3.11. The molecule has 1 unspecified atom stereocenters. The predicted molar refractivity (Wildman–Crippen MR) is 94.4 cm³/mol. The number of hydrogen-bond acceptors (Lipinski definition) is 0. The highest BCUT2D eigenvalue weighted by Crippen LogP contribution is 2.30. The van der Waals surface area contributed by atoms with E-state index in [-0.39, 0.29) is 0 Å². The van der Waals surface area contributed by atoms with Gasteiger partial charge >= 0.3 is 0 Å². The average Bonchev–Trinajstić information content (AvgIpc) is 2.50. The Morgan fingerprint density at radius 3 is 1.95 bits per heavy atom. The second kappa shape index (κ2) is 10.00. The van der Waals surface area contributed by atoms with Gasteiger partial charge in [0.25, 0.3) is 0 Å². The van der Waals surface area contributed by atoms with Gasteiger partial charge in [-0.05, 0) is 13.3 Å².